The summed E-state index contributed by atoms with van der Waals surface area (Å²) in [5.74, 6) is -2.62. The van der Waals surface area contributed by atoms with Crippen LogP contribution in [0.15, 0.2) is 41.3 Å². The van der Waals surface area contributed by atoms with Crippen LogP contribution in [0.1, 0.15) is 0 Å². The van der Waals surface area contributed by atoms with Gasteiger partial charge in [-0.05, 0) is 30.3 Å². The maximum Gasteiger partial charge on any atom is 0.264 e. The van der Waals surface area contributed by atoms with Crippen LogP contribution in [0, 0.1) is 17.5 Å². The Hall–Kier alpha value is -2.22. The Labute approximate surface area is 113 Å². The molecule has 8 heteroatoms. The van der Waals surface area contributed by atoms with Crippen molar-refractivity contribution in [3.8, 4) is 0 Å². The van der Waals surface area contributed by atoms with Crippen LogP contribution in [0.3, 0.4) is 0 Å². The van der Waals surface area contributed by atoms with Crippen molar-refractivity contribution in [1.82, 2.24) is 0 Å². The molecule has 0 aliphatic carbocycles. The summed E-state index contributed by atoms with van der Waals surface area (Å²) in [6, 6.07) is 5.05. The van der Waals surface area contributed by atoms with Crippen molar-refractivity contribution in [2.24, 2.45) is 0 Å². The molecule has 0 fully saturated rings. The Morgan fingerprint density at radius 1 is 0.950 bits per heavy atom. The molecule has 0 spiro atoms. The van der Waals surface area contributed by atoms with Crippen molar-refractivity contribution in [3.63, 3.8) is 0 Å². The van der Waals surface area contributed by atoms with Gasteiger partial charge in [0.1, 0.15) is 22.3 Å². The Kier molecular flexibility index (Phi) is 3.58. The topological polar surface area (TPSA) is 72.2 Å². The van der Waals surface area contributed by atoms with Gasteiger partial charge in [0.25, 0.3) is 10.0 Å². The van der Waals surface area contributed by atoms with Crippen LogP contribution in [0.2, 0.25) is 0 Å². The number of nitrogen functional groups attached to an aromatic ring is 1. The third kappa shape index (κ3) is 2.85. The van der Waals surface area contributed by atoms with Gasteiger partial charge >= 0.3 is 0 Å². The van der Waals surface area contributed by atoms with Gasteiger partial charge in [-0.3, -0.25) is 4.72 Å². The summed E-state index contributed by atoms with van der Waals surface area (Å²) in [6.45, 7) is 0. The Bertz CT molecular complexity index is 763. The molecule has 0 unspecified atom stereocenters. The smallest absolute Gasteiger partial charge is 0.264 e. The zero-order chi connectivity index (χ0) is 14.9. The highest BCUT2D eigenvalue weighted by atomic mass is 32.2. The summed E-state index contributed by atoms with van der Waals surface area (Å²) in [5, 5.41) is 0. The van der Waals surface area contributed by atoms with Crippen LogP contribution in [-0.4, -0.2) is 8.42 Å². The minimum absolute atomic E-state index is 0.319. The highest BCUT2D eigenvalue weighted by Crippen LogP contribution is 2.24. The normalized spacial score (nSPS) is 11.3. The standard InChI is InChI=1S/C12H9F3N2O2S/c13-7-1-3-11(9(15)5-7)17-20(18,19)12-4-2-8(14)6-10(12)16/h1-6,17H,16H2. The highest BCUT2D eigenvalue weighted by Gasteiger charge is 2.19. The number of benzene rings is 2. The fourth-order valence-corrected chi connectivity index (χ4v) is 2.72. The summed E-state index contributed by atoms with van der Waals surface area (Å²) in [6.07, 6.45) is 0. The second-order valence-corrected chi connectivity index (χ2v) is 5.56. The minimum atomic E-state index is -4.20. The number of rotatable bonds is 3. The predicted octanol–water partition coefficient (Wildman–Crippen LogP) is 2.49. The van der Waals surface area contributed by atoms with E-state index in [4.69, 9.17) is 5.73 Å². The van der Waals surface area contributed by atoms with E-state index in [9.17, 15) is 21.6 Å². The van der Waals surface area contributed by atoms with Crippen molar-refractivity contribution >= 4 is 21.4 Å². The number of nitrogens with two attached hydrogens (primary N) is 1. The monoisotopic (exact) mass is 302 g/mol. The maximum atomic E-state index is 13.4. The van der Waals surface area contributed by atoms with Crippen molar-refractivity contribution in [2.45, 2.75) is 4.90 Å². The molecule has 4 nitrogen and oxygen atoms in total. The van der Waals surface area contributed by atoms with Crippen LogP contribution in [0.25, 0.3) is 0 Å². The molecule has 2 rings (SSSR count). The zero-order valence-corrected chi connectivity index (χ0v) is 10.7. The summed E-state index contributed by atoms with van der Waals surface area (Å²) in [7, 11) is -4.20. The van der Waals surface area contributed by atoms with Crippen LogP contribution in [0.4, 0.5) is 24.5 Å². The average Bonchev–Trinajstić information content (AvgIpc) is 2.32. The number of halogens is 3. The Balaban J connectivity index is 2.41. The molecule has 0 aromatic heterocycles. The average molecular weight is 302 g/mol. The number of hydrogen-bond acceptors (Lipinski definition) is 3. The van der Waals surface area contributed by atoms with Crippen molar-refractivity contribution < 1.29 is 21.6 Å². The molecule has 0 saturated carbocycles. The number of anilines is 2. The van der Waals surface area contributed by atoms with Gasteiger partial charge in [-0.1, -0.05) is 0 Å². The molecule has 0 bridgehead atoms. The third-order valence-electron chi connectivity index (χ3n) is 2.44. The molecule has 0 amide bonds. The summed E-state index contributed by atoms with van der Waals surface area (Å²) in [4.78, 5) is -0.400. The lowest BCUT2D eigenvalue weighted by atomic mass is 10.3. The van der Waals surface area contributed by atoms with Gasteiger partial charge in [-0.2, -0.15) is 0 Å². The largest absolute Gasteiger partial charge is 0.398 e. The third-order valence-corrected chi connectivity index (χ3v) is 3.88. The summed E-state index contributed by atoms with van der Waals surface area (Å²) >= 11 is 0. The molecule has 106 valence electrons. The molecule has 0 heterocycles. The molecule has 0 radical (unpaired) electrons. The van der Waals surface area contributed by atoms with Gasteiger partial charge in [-0.15, -0.1) is 0 Å². The van der Waals surface area contributed by atoms with E-state index in [1.54, 1.807) is 0 Å². The fraction of sp³-hybridized carbons (Fsp3) is 0. The molecule has 0 atom stereocenters. The first-order chi connectivity index (χ1) is 9.29. The fourth-order valence-electron chi connectivity index (χ4n) is 1.54. The quantitative estimate of drug-likeness (QED) is 0.856. The van der Waals surface area contributed by atoms with Crippen LogP contribution in [0.5, 0.6) is 0 Å². The molecule has 2 aromatic rings. The highest BCUT2D eigenvalue weighted by molar-refractivity contribution is 7.92. The first-order valence-electron chi connectivity index (χ1n) is 5.32. The maximum absolute atomic E-state index is 13.4. The minimum Gasteiger partial charge on any atom is -0.398 e. The van der Waals surface area contributed by atoms with Crippen molar-refractivity contribution in [3.05, 3.63) is 53.8 Å². The molecule has 20 heavy (non-hydrogen) atoms. The molecule has 3 N–H and O–H groups in total. The van der Waals surface area contributed by atoms with E-state index in [-0.39, 0.29) is 5.69 Å². The van der Waals surface area contributed by atoms with E-state index in [1.165, 1.54) is 0 Å². The van der Waals surface area contributed by atoms with Crippen molar-refractivity contribution in [2.75, 3.05) is 10.5 Å². The zero-order valence-electron chi connectivity index (χ0n) is 9.90. The molecular weight excluding hydrogens is 293 g/mol. The van der Waals surface area contributed by atoms with E-state index in [0.29, 0.717) is 6.07 Å². The van der Waals surface area contributed by atoms with Crippen LogP contribution in [-0.2, 0) is 10.0 Å². The lowest BCUT2D eigenvalue weighted by Crippen LogP contribution is -2.16. The van der Waals surface area contributed by atoms with Gasteiger partial charge in [-0.25, -0.2) is 21.6 Å². The lowest BCUT2D eigenvalue weighted by molar-refractivity contribution is 0.582. The van der Waals surface area contributed by atoms with Gasteiger partial charge < -0.3 is 5.73 Å². The predicted molar refractivity (Wildman–Crippen MR) is 68.0 cm³/mol. The molecule has 2 aromatic carbocycles. The lowest BCUT2D eigenvalue weighted by Gasteiger charge is -2.10. The number of nitrogens with one attached hydrogen (secondary N) is 1. The molecule has 0 saturated heterocycles. The van der Waals surface area contributed by atoms with Gasteiger partial charge in [0.15, 0.2) is 0 Å². The van der Waals surface area contributed by atoms with Crippen LogP contribution < -0.4 is 10.5 Å². The Morgan fingerprint density at radius 3 is 2.15 bits per heavy atom. The van der Waals surface area contributed by atoms with Crippen molar-refractivity contribution in [1.29, 1.82) is 0 Å². The second-order valence-electron chi connectivity index (χ2n) is 3.91. The van der Waals surface area contributed by atoms with E-state index in [1.807, 2.05) is 4.72 Å². The first-order valence-corrected chi connectivity index (χ1v) is 6.81. The second kappa shape index (κ2) is 5.04. The number of sulfonamides is 1. The molecular formula is C12H9F3N2O2S. The SMILES string of the molecule is Nc1cc(F)ccc1S(=O)(=O)Nc1ccc(F)cc1F. The van der Waals surface area contributed by atoms with E-state index < -0.39 is 38.1 Å². The van der Waals surface area contributed by atoms with E-state index in [0.717, 1.165) is 30.3 Å². The van der Waals surface area contributed by atoms with Gasteiger partial charge in [0.2, 0.25) is 0 Å². The molecule has 0 aliphatic heterocycles. The van der Waals surface area contributed by atoms with E-state index in [2.05, 4.69) is 0 Å². The summed E-state index contributed by atoms with van der Waals surface area (Å²) < 4.78 is 64.9. The molecule has 0 aliphatic rings. The Morgan fingerprint density at radius 2 is 1.55 bits per heavy atom. The van der Waals surface area contributed by atoms with Crippen LogP contribution >= 0.6 is 0 Å². The summed E-state index contributed by atoms with van der Waals surface area (Å²) in [5.41, 5.74) is 4.66. The van der Waals surface area contributed by atoms with E-state index >= 15 is 0 Å². The van der Waals surface area contributed by atoms with Gasteiger partial charge in [0, 0.05) is 6.07 Å². The first kappa shape index (κ1) is 14.2. The van der Waals surface area contributed by atoms with Gasteiger partial charge in [0.05, 0.1) is 11.4 Å². The number of hydrogen-bond donors (Lipinski definition) is 2.